The van der Waals surface area contributed by atoms with Gasteiger partial charge in [0.25, 0.3) is 0 Å². The Kier molecular flexibility index (Phi) is 6.10. The van der Waals surface area contributed by atoms with Crippen LogP contribution in [0.1, 0.15) is 19.4 Å². The molecule has 6 nitrogen and oxygen atoms in total. The summed E-state index contributed by atoms with van der Waals surface area (Å²) in [5.41, 5.74) is 1.92. The highest BCUT2D eigenvalue weighted by atomic mass is 16.5. The zero-order chi connectivity index (χ0) is 20.2. The average Bonchev–Trinajstić information content (AvgIpc) is 2.62. The Morgan fingerprint density at radius 1 is 0.963 bits per heavy atom. The van der Waals surface area contributed by atoms with Crippen molar-refractivity contribution in [3.05, 3.63) is 48.0 Å². The van der Waals surface area contributed by atoms with Gasteiger partial charge in [0.15, 0.2) is 0 Å². The topological polar surface area (TPSA) is 70.7 Å². The fraction of sp³-hybridized carbons (Fsp3) is 0.333. The monoisotopic (exact) mass is 369 g/mol. The zero-order valence-corrected chi connectivity index (χ0v) is 16.7. The highest BCUT2D eigenvalue weighted by Gasteiger charge is 2.36. The molecule has 0 aliphatic rings. The third kappa shape index (κ3) is 4.78. The van der Waals surface area contributed by atoms with E-state index in [-0.39, 0.29) is 5.91 Å². The molecule has 0 aromatic heterocycles. The summed E-state index contributed by atoms with van der Waals surface area (Å²) in [5, 5.41) is 5.61. The van der Waals surface area contributed by atoms with E-state index in [0.29, 0.717) is 17.1 Å². The van der Waals surface area contributed by atoms with E-state index in [9.17, 15) is 9.59 Å². The molecule has 144 valence electrons. The molecule has 2 aromatic rings. The second-order valence-corrected chi connectivity index (χ2v) is 7.18. The first-order valence-electron chi connectivity index (χ1n) is 8.70. The summed E-state index contributed by atoms with van der Waals surface area (Å²) in [6.07, 6.45) is 0. The summed E-state index contributed by atoms with van der Waals surface area (Å²) in [7, 11) is 5.43. The van der Waals surface area contributed by atoms with E-state index in [4.69, 9.17) is 4.74 Å². The lowest BCUT2D eigenvalue weighted by molar-refractivity contribution is -0.135. The van der Waals surface area contributed by atoms with Crippen molar-refractivity contribution >= 4 is 28.9 Å². The van der Waals surface area contributed by atoms with Crippen LogP contribution in [0.25, 0.3) is 0 Å². The van der Waals surface area contributed by atoms with Crippen LogP contribution >= 0.6 is 0 Å². The molecule has 0 heterocycles. The van der Waals surface area contributed by atoms with E-state index >= 15 is 0 Å². The number of nitrogens with zero attached hydrogens (tertiary/aromatic N) is 1. The van der Waals surface area contributed by atoms with Gasteiger partial charge in [0.05, 0.1) is 12.8 Å². The molecular weight excluding hydrogens is 342 g/mol. The SMILES string of the molecule is COc1ccc(C)cc1NC(=O)C(C)(C)C(=O)Nc1ccc(N(C)C)cc1. The highest BCUT2D eigenvalue weighted by molar-refractivity contribution is 6.14. The lowest BCUT2D eigenvalue weighted by Gasteiger charge is -2.23. The van der Waals surface area contributed by atoms with Gasteiger partial charge < -0.3 is 20.3 Å². The Labute approximate surface area is 160 Å². The van der Waals surface area contributed by atoms with Crippen LogP contribution in [-0.4, -0.2) is 33.0 Å². The van der Waals surface area contributed by atoms with Crippen LogP contribution in [0, 0.1) is 12.3 Å². The number of anilines is 3. The van der Waals surface area contributed by atoms with Gasteiger partial charge in [-0.15, -0.1) is 0 Å². The molecule has 0 fully saturated rings. The first-order chi connectivity index (χ1) is 12.6. The summed E-state index contributed by atoms with van der Waals surface area (Å²) in [6.45, 7) is 5.10. The average molecular weight is 369 g/mol. The molecule has 0 unspecified atom stereocenters. The number of hydrogen-bond donors (Lipinski definition) is 2. The number of carbonyl (C=O) groups excluding carboxylic acids is 2. The van der Waals surface area contributed by atoms with E-state index < -0.39 is 11.3 Å². The maximum absolute atomic E-state index is 12.8. The minimum atomic E-state index is -1.27. The minimum Gasteiger partial charge on any atom is -0.495 e. The van der Waals surface area contributed by atoms with E-state index in [2.05, 4.69) is 10.6 Å². The van der Waals surface area contributed by atoms with E-state index in [1.165, 1.54) is 7.11 Å². The lowest BCUT2D eigenvalue weighted by atomic mass is 9.90. The first-order valence-corrected chi connectivity index (χ1v) is 8.70. The summed E-state index contributed by atoms with van der Waals surface area (Å²) >= 11 is 0. The molecular formula is C21H27N3O3. The van der Waals surface area contributed by atoms with Gasteiger partial charge in [0, 0.05) is 25.5 Å². The molecule has 0 saturated heterocycles. The van der Waals surface area contributed by atoms with Crippen LogP contribution in [0.4, 0.5) is 17.1 Å². The van der Waals surface area contributed by atoms with Crippen molar-refractivity contribution in [2.24, 2.45) is 5.41 Å². The summed E-state index contributed by atoms with van der Waals surface area (Å²) < 4.78 is 5.28. The highest BCUT2D eigenvalue weighted by Crippen LogP contribution is 2.28. The molecule has 0 aliphatic carbocycles. The molecule has 0 bridgehead atoms. The Hall–Kier alpha value is -3.02. The molecule has 2 N–H and O–H groups in total. The predicted molar refractivity (Wildman–Crippen MR) is 110 cm³/mol. The standard InChI is InChI=1S/C21H27N3O3/c1-14-7-12-18(27-6)17(13-14)23-20(26)21(2,3)19(25)22-15-8-10-16(11-9-15)24(4)5/h7-13H,1-6H3,(H,22,25)(H,23,26). The van der Waals surface area contributed by atoms with E-state index in [0.717, 1.165) is 11.3 Å². The first kappa shape index (κ1) is 20.3. The number of aryl methyl sites for hydroxylation is 1. The quantitative estimate of drug-likeness (QED) is 0.762. The van der Waals surface area contributed by atoms with Crippen LogP contribution in [0.3, 0.4) is 0 Å². The zero-order valence-electron chi connectivity index (χ0n) is 16.7. The van der Waals surface area contributed by atoms with E-state index in [1.54, 1.807) is 19.9 Å². The van der Waals surface area contributed by atoms with Crippen molar-refractivity contribution in [2.45, 2.75) is 20.8 Å². The Morgan fingerprint density at radius 3 is 2.11 bits per heavy atom. The summed E-state index contributed by atoms with van der Waals surface area (Å²) in [4.78, 5) is 27.4. The molecule has 2 amide bonds. The van der Waals surface area contributed by atoms with Crippen LogP contribution in [-0.2, 0) is 9.59 Å². The van der Waals surface area contributed by atoms with Crippen LogP contribution < -0.4 is 20.3 Å². The number of nitrogens with one attached hydrogen (secondary N) is 2. The van der Waals surface area contributed by atoms with Gasteiger partial charge in [-0.1, -0.05) is 6.07 Å². The second-order valence-electron chi connectivity index (χ2n) is 7.18. The van der Waals surface area contributed by atoms with Crippen molar-refractivity contribution in [3.63, 3.8) is 0 Å². The lowest BCUT2D eigenvalue weighted by Crippen LogP contribution is -2.41. The third-order valence-electron chi connectivity index (χ3n) is 4.38. The van der Waals surface area contributed by atoms with Crippen molar-refractivity contribution in [1.82, 2.24) is 0 Å². The van der Waals surface area contributed by atoms with E-state index in [1.807, 2.05) is 62.3 Å². The normalized spacial score (nSPS) is 10.9. The number of benzene rings is 2. The van der Waals surface area contributed by atoms with Gasteiger partial charge in [0.2, 0.25) is 11.8 Å². The van der Waals surface area contributed by atoms with Crippen molar-refractivity contribution in [3.8, 4) is 5.75 Å². The second kappa shape index (κ2) is 8.12. The number of ether oxygens (including phenoxy) is 1. The number of amides is 2. The Balaban J connectivity index is 2.12. The molecule has 0 atom stereocenters. The molecule has 0 radical (unpaired) electrons. The Bertz CT molecular complexity index is 827. The van der Waals surface area contributed by atoms with Crippen molar-refractivity contribution < 1.29 is 14.3 Å². The van der Waals surface area contributed by atoms with Gasteiger partial charge in [0.1, 0.15) is 11.2 Å². The molecule has 0 spiro atoms. The fourth-order valence-corrected chi connectivity index (χ4v) is 2.43. The number of carbonyl (C=O) groups is 2. The number of rotatable bonds is 6. The van der Waals surface area contributed by atoms with Gasteiger partial charge >= 0.3 is 0 Å². The van der Waals surface area contributed by atoms with Crippen molar-refractivity contribution in [2.75, 3.05) is 36.7 Å². The van der Waals surface area contributed by atoms with Gasteiger partial charge in [-0.05, 0) is 62.7 Å². The van der Waals surface area contributed by atoms with Gasteiger partial charge in [-0.2, -0.15) is 0 Å². The van der Waals surface area contributed by atoms with Crippen molar-refractivity contribution in [1.29, 1.82) is 0 Å². The molecule has 2 rings (SSSR count). The third-order valence-corrected chi connectivity index (χ3v) is 4.38. The Morgan fingerprint density at radius 2 is 1.56 bits per heavy atom. The smallest absolute Gasteiger partial charge is 0.239 e. The number of methoxy groups -OCH3 is 1. The van der Waals surface area contributed by atoms with Crippen LogP contribution in [0.2, 0.25) is 0 Å². The van der Waals surface area contributed by atoms with Crippen LogP contribution in [0.15, 0.2) is 42.5 Å². The molecule has 0 aliphatic heterocycles. The summed E-state index contributed by atoms with van der Waals surface area (Å²) in [6, 6.07) is 12.9. The maximum atomic E-state index is 12.8. The predicted octanol–water partition coefficient (Wildman–Crippen LogP) is 3.67. The van der Waals surface area contributed by atoms with Crippen LogP contribution in [0.5, 0.6) is 5.75 Å². The summed E-state index contributed by atoms with van der Waals surface area (Å²) in [5.74, 6) is -0.248. The molecule has 27 heavy (non-hydrogen) atoms. The molecule has 0 saturated carbocycles. The number of hydrogen-bond acceptors (Lipinski definition) is 4. The molecule has 6 heteroatoms. The molecule has 2 aromatic carbocycles. The largest absolute Gasteiger partial charge is 0.495 e. The fourth-order valence-electron chi connectivity index (χ4n) is 2.43. The van der Waals surface area contributed by atoms with Gasteiger partial charge in [-0.25, -0.2) is 0 Å². The maximum Gasteiger partial charge on any atom is 0.239 e. The van der Waals surface area contributed by atoms with Gasteiger partial charge in [-0.3, -0.25) is 9.59 Å². The minimum absolute atomic E-state index is 0.385.